The molecule has 1 aliphatic rings. The van der Waals surface area contributed by atoms with Gasteiger partial charge in [0.15, 0.2) is 0 Å². The first-order valence-corrected chi connectivity index (χ1v) is 5.54. The van der Waals surface area contributed by atoms with E-state index >= 15 is 0 Å². The Bertz CT molecular complexity index is 591. The van der Waals surface area contributed by atoms with E-state index in [0.29, 0.717) is 0 Å². The van der Waals surface area contributed by atoms with Crippen LogP contribution in [0.15, 0.2) is 60.0 Å². The zero-order valence-electron chi connectivity index (χ0n) is 9.54. The Labute approximate surface area is 100 Å². The highest BCUT2D eigenvalue weighted by atomic mass is 15.3. The topological polar surface area (TPSA) is 31.4 Å². The summed E-state index contributed by atoms with van der Waals surface area (Å²) in [7, 11) is 0. The van der Waals surface area contributed by atoms with Crippen LogP contribution in [-0.4, -0.2) is 10.3 Å². The third-order valence-electron chi connectivity index (χ3n) is 2.81. The average molecular weight is 222 g/mol. The predicted octanol–water partition coefficient (Wildman–Crippen LogP) is 2.62. The molecule has 83 valence electrons. The van der Waals surface area contributed by atoms with Crippen molar-refractivity contribution in [2.75, 3.05) is 0 Å². The first-order chi connectivity index (χ1) is 8.34. The molecule has 2 aromatic rings. The Morgan fingerprint density at radius 2 is 1.94 bits per heavy atom. The van der Waals surface area contributed by atoms with Crippen LogP contribution in [0.2, 0.25) is 0 Å². The van der Waals surface area contributed by atoms with Crippen LogP contribution in [0.1, 0.15) is 11.3 Å². The number of para-hydroxylation sites is 1. The molecule has 0 N–H and O–H groups in total. The Kier molecular flexibility index (Phi) is 2.29. The summed E-state index contributed by atoms with van der Waals surface area (Å²) in [5.74, 6) is 0. The number of hydrogen-bond acceptors (Lipinski definition) is 1. The molecule has 0 bridgehead atoms. The summed E-state index contributed by atoms with van der Waals surface area (Å²) in [6.45, 7) is 2.09. The number of aromatic nitrogens is 1. The maximum absolute atomic E-state index is 4.07. The SMILES string of the molecule is Cc1cc(C2=N[N]C=C2)cn1-c1ccccc1. The number of benzene rings is 1. The van der Waals surface area contributed by atoms with Gasteiger partial charge in [-0.05, 0) is 31.2 Å². The molecule has 1 aromatic heterocycles. The summed E-state index contributed by atoms with van der Waals surface area (Å²) in [5, 5.41) is 4.07. The molecule has 0 fully saturated rings. The maximum Gasteiger partial charge on any atom is 0.0960 e. The van der Waals surface area contributed by atoms with Gasteiger partial charge in [-0.2, -0.15) is 10.5 Å². The van der Waals surface area contributed by atoms with Crippen LogP contribution in [0.4, 0.5) is 0 Å². The molecule has 0 atom stereocenters. The molecule has 0 saturated carbocycles. The van der Waals surface area contributed by atoms with Crippen LogP contribution in [0.3, 0.4) is 0 Å². The molecular weight excluding hydrogens is 210 g/mol. The van der Waals surface area contributed by atoms with Crippen molar-refractivity contribution in [1.29, 1.82) is 0 Å². The van der Waals surface area contributed by atoms with E-state index in [9.17, 15) is 0 Å². The van der Waals surface area contributed by atoms with Crippen molar-refractivity contribution in [3.05, 3.63) is 66.1 Å². The Balaban J connectivity index is 2.05. The molecule has 1 radical (unpaired) electrons. The standard InChI is InChI=1S/C14H12N3/c1-11-9-12(14-7-8-15-16-14)10-17(11)13-5-3-2-4-6-13/h2-10H,1H3. The van der Waals surface area contributed by atoms with Crippen molar-refractivity contribution in [2.24, 2.45) is 5.10 Å². The lowest BCUT2D eigenvalue weighted by atomic mass is 10.2. The van der Waals surface area contributed by atoms with Gasteiger partial charge in [-0.3, -0.25) is 0 Å². The second-order valence-corrected chi connectivity index (χ2v) is 3.99. The van der Waals surface area contributed by atoms with Crippen molar-refractivity contribution < 1.29 is 0 Å². The predicted molar refractivity (Wildman–Crippen MR) is 68.3 cm³/mol. The molecule has 17 heavy (non-hydrogen) atoms. The number of aryl methyl sites for hydroxylation is 1. The molecule has 1 aliphatic heterocycles. The third kappa shape index (κ3) is 1.76. The van der Waals surface area contributed by atoms with Gasteiger partial charge < -0.3 is 4.57 Å². The molecule has 3 nitrogen and oxygen atoms in total. The van der Waals surface area contributed by atoms with Crippen LogP contribution >= 0.6 is 0 Å². The van der Waals surface area contributed by atoms with Crippen molar-refractivity contribution in [3.63, 3.8) is 0 Å². The summed E-state index contributed by atoms with van der Waals surface area (Å²) < 4.78 is 2.16. The molecule has 0 unspecified atom stereocenters. The fourth-order valence-electron chi connectivity index (χ4n) is 1.97. The van der Waals surface area contributed by atoms with Gasteiger partial charge in [-0.25, -0.2) is 0 Å². The Morgan fingerprint density at radius 1 is 1.12 bits per heavy atom. The van der Waals surface area contributed by atoms with E-state index in [1.807, 2.05) is 24.3 Å². The fraction of sp³-hybridized carbons (Fsp3) is 0.0714. The molecule has 0 spiro atoms. The number of rotatable bonds is 2. The van der Waals surface area contributed by atoms with Gasteiger partial charge in [-0.1, -0.05) is 18.2 Å². The normalized spacial score (nSPS) is 13.6. The first kappa shape index (κ1) is 9.90. The van der Waals surface area contributed by atoms with E-state index in [4.69, 9.17) is 0 Å². The molecule has 3 rings (SSSR count). The minimum Gasteiger partial charge on any atom is -0.320 e. The smallest absolute Gasteiger partial charge is 0.0960 e. The van der Waals surface area contributed by atoms with Gasteiger partial charge in [0.25, 0.3) is 0 Å². The molecule has 1 aromatic carbocycles. The van der Waals surface area contributed by atoms with Crippen LogP contribution < -0.4 is 5.43 Å². The number of hydrogen-bond donors (Lipinski definition) is 0. The molecule has 0 aliphatic carbocycles. The molecule has 0 amide bonds. The Morgan fingerprint density at radius 3 is 2.65 bits per heavy atom. The van der Waals surface area contributed by atoms with Crippen molar-refractivity contribution in [3.8, 4) is 5.69 Å². The van der Waals surface area contributed by atoms with Gasteiger partial charge in [0.1, 0.15) is 0 Å². The quantitative estimate of drug-likeness (QED) is 0.748. The number of nitrogens with zero attached hydrogens (tertiary/aromatic N) is 3. The van der Waals surface area contributed by atoms with E-state index in [0.717, 1.165) is 17.0 Å². The zero-order chi connectivity index (χ0) is 11.7. The maximum atomic E-state index is 4.07. The van der Waals surface area contributed by atoms with E-state index < -0.39 is 0 Å². The van der Waals surface area contributed by atoms with E-state index in [2.05, 4.69) is 46.4 Å². The lowest BCUT2D eigenvalue weighted by Gasteiger charge is -2.04. The van der Waals surface area contributed by atoms with Crippen LogP contribution in [0.25, 0.3) is 5.69 Å². The second kappa shape index (κ2) is 3.94. The average Bonchev–Trinajstić information content (AvgIpc) is 2.99. The monoisotopic (exact) mass is 222 g/mol. The minimum atomic E-state index is 0.919. The lowest BCUT2D eigenvalue weighted by Crippen LogP contribution is -1.94. The van der Waals surface area contributed by atoms with Crippen molar-refractivity contribution in [2.45, 2.75) is 6.92 Å². The molecule has 3 heteroatoms. The summed E-state index contributed by atoms with van der Waals surface area (Å²) in [4.78, 5) is 0. The van der Waals surface area contributed by atoms with Crippen molar-refractivity contribution in [1.82, 2.24) is 9.99 Å². The van der Waals surface area contributed by atoms with Gasteiger partial charge in [0.05, 0.1) is 11.9 Å². The summed E-state index contributed by atoms with van der Waals surface area (Å²) in [6, 6.07) is 12.4. The van der Waals surface area contributed by atoms with Gasteiger partial charge in [0, 0.05) is 23.1 Å². The minimum absolute atomic E-state index is 0.919. The summed E-state index contributed by atoms with van der Waals surface area (Å²) >= 11 is 0. The third-order valence-corrected chi connectivity index (χ3v) is 2.81. The summed E-state index contributed by atoms with van der Waals surface area (Å²) in [6.07, 6.45) is 5.73. The highest BCUT2D eigenvalue weighted by molar-refractivity contribution is 6.09. The highest BCUT2D eigenvalue weighted by Gasteiger charge is 2.09. The van der Waals surface area contributed by atoms with E-state index in [1.165, 1.54) is 5.69 Å². The van der Waals surface area contributed by atoms with E-state index in [-0.39, 0.29) is 0 Å². The second-order valence-electron chi connectivity index (χ2n) is 3.99. The van der Waals surface area contributed by atoms with E-state index in [1.54, 1.807) is 6.20 Å². The van der Waals surface area contributed by atoms with Gasteiger partial charge in [0.2, 0.25) is 0 Å². The fourth-order valence-corrected chi connectivity index (χ4v) is 1.97. The summed E-state index contributed by atoms with van der Waals surface area (Å²) in [5.41, 5.74) is 8.22. The van der Waals surface area contributed by atoms with Gasteiger partial charge >= 0.3 is 0 Å². The number of allylic oxidation sites excluding steroid dienone is 1. The molecular formula is C14H12N3. The largest absolute Gasteiger partial charge is 0.320 e. The van der Waals surface area contributed by atoms with Crippen LogP contribution in [0, 0.1) is 6.92 Å². The van der Waals surface area contributed by atoms with Crippen molar-refractivity contribution >= 4 is 5.71 Å². The molecule has 2 heterocycles. The van der Waals surface area contributed by atoms with Gasteiger partial charge in [-0.15, -0.1) is 0 Å². The molecule has 0 saturated heterocycles. The van der Waals surface area contributed by atoms with Crippen LogP contribution in [0.5, 0.6) is 0 Å². The van der Waals surface area contributed by atoms with Crippen LogP contribution in [-0.2, 0) is 0 Å². The zero-order valence-corrected chi connectivity index (χ0v) is 9.54. The lowest BCUT2D eigenvalue weighted by molar-refractivity contribution is 0.972. The first-order valence-electron chi connectivity index (χ1n) is 5.54. The Hall–Kier alpha value is -2.29. The highest BCUT2D eigenvalue weighted by Crippen LogP contribution is 2.16.